The Morgan fingerprint density at radius 1 is 1.32 bits per heavy atom. The molecule has 1 N–H and O–H groups in total. The Kier molecular flexibility index (Phi) is 6.18. The Hall–Kier alpha value is -1.06. The van der Waals surface area contributed by atoms with Gasteiger partial charge in [-0.05, 0) is 50.5 Å². The van der Waals surface area contributed by atoms with Crippen LogP contribution in [0.5, 0.6) is 5.75 Å². The molecule has 1 unspecified atom stereocenters. The van der Waals surface area contributed by atoms with Gasteiger partial charge in [0.1, 0.15) is 5.75 Å². The third-order valence-corrected chi connectivity index (χ3v) is 3.52. The van der Waals surface area contributed by atoms with Gasteiger partial charge < -0.3 is 15.0 Å². The van der Waals surface area contributed by atoms with Gasteiger partial charge >= 0.3 is 0 Å². The largest absolute Gasteiger partial charge is 0.494 e. The first-order chi connectivity index (χ1) is 9.34. The zero-order valence-electron chi connectivity index (χ0n) is 12.0. The highest BCUT2D eigenvalue weighted by Crippen LogP contribution is 2.09. The Morgan fingerprint density at radius 2 is 2.16 bits per heavy atom. The molecule has 2 rings (SSSR count). The van der Waals surface area contributed by atoms with E-state index in [1.165, 1.54) is 19.5 Å². The monoisotopic (exact) mass is 262 g/mol. The van der Waals surface area contributed by atoms with Crippen LogP contribution in [-0.4, -0.2) is 44.2 Å². The predicted molar refractivity (Wildman–Crippen MR) is 79.6 cm³/mol. The molecule has 1 atom stereocenters. The second kappa shape index (κ2) is 8.18. The molecule has 19 heavy (non-hydrogen) atoms. The van der Waals surface area contributed by atoms with Gasteiger partial charge in [0, 0.05) is 13.1 Å². The summed E-state index contributed by atoms with van der Waals surface area (Å²) in [6.07, 6.45) is 2.36. The molecule has 0 aromatic heterocycles. The van der Waals surface area contributed by atoms with Gasteiger partial charge in [-0.15, -0.1) is 0 Å². The van der Waals surface area contributed by atoms with Crippen LogP contribution in [-0.2, 0) is 0 Å². The fourth-order valence-corrected chi connectivity index (χ4v) is 2.57. The number of ether oxygens (including phenoxy) is 1. The average molecular weight is 262 g/mol. The van der Waals surface area contributed by atoms with Gasteiger partial charge in [-0.25, -0.2) is 0 Å². The van der Waals surface area contributed by atoms with Crippen LogP contribution in [0.1, 0.15) is 19.8 Å². The van der Waals surface area contributed by atoms with E-state index in [0.717, 1.165) is 44.3 Å². The van der Waals surface area contributed by atoms with E-state index < -0.39 is 0 Å². The fraction of sp³-hybridized carbons (Fsp3) is 0.625. The summed E-state index contributed by atoms with van der Waals surface area (Å²) in [5, 5.41) is 3.49. The van der Waals surface area contributed by atoms with Crippen molar-refractivity contribution in [3.63, 3.8) is 0 Å². The summed E-state index contributed by atoms with van der Waals surface area (Å²) in [4.78, 5) is 2.58. The van der Waals surface area contributed by atoms with Gasteiger partial charge in [-0.3, -0.25) is 0 Å². The van der Waals surface area contributed by atoms with Crippen molar-refractivity contribution < 1.29 is 4.74 Å². The lowest BCUT2D eigenvalue weighted by atomic mass is 10.1. The summed E-state index contributed by atoms with van der Waals surface area (Å²) in [6, 6.07) is 10.1. The molecule has 0 spiro atoms. The predicted octanol–water partition coefficient (Wildman–Crippen LogP) is 2.39. The van der Waals surface area contributed by atoms with Crippen molar-refractivity contribution >= 4 is 0 Å². The van der Waals surface area contributed by atoms with E-state index in [-0.39, 0.29) is 0 Å². The first-order valence-electron chi connectivity index (χ1n) is 7.45. The lowest BCUT2D eigenvalue weighted by molar-refractivity contribution is 0.196. The standard InChI is InChI=1S/C16H26N2O/c1-15-13-17-9-5-10-18(14-15)11-6-12-19-16-7-3-2-4-8-16/h2-4,7-8,15,17H,5-6,9-14H2,1H3. The number of hydrogen-bond donors (Lipinski definition) is 1. The molecule has 1 fully saturated rings. The van der Waals surface area contributed by atoms with E-state index in [0.29, 0.717) is 0 Å². The molecule has 1 aliphatic rings. The lowest BCUT2D eigenvalue weighted by Crippen LogP contribution is -2.39. The van der Waals surface area contributed by atoms with E-state index in [1.54, 1.807) is 0 Å². The molecular formula is C16H26N2O. The maximum absolute atomic E-state index is 5.74. The maximum Gasteiger partial charge on any atom is 0.119 e. The maximum atomic E-state index is 5.74. The van der Waals surface area contributed by atoms with Crippen LogP contribution in [0.2, 0.25) is 0 Å². The quantitative estimate of drug-likeness (QED) is 0.825. The first kappa shape index (κ1) is 14.4. The third kappa shape index (κ3) is 5.62. The summed E-state index contributed by atoms with van der Waals surface area (Å²) < 4.78 is 5.74. The highest BCUT2D eigenvalue weighted by molar-refractivity contribution is 5.20. The van der Waals surface area contributed by atoms with Crippen LogP contribution < -0.4 is 10.1 Å². The van der Waals surface area contributed by atoms with Gasteiger partial charge in [0.25, 0.3) is 0 Å². The number of nitrogens with one attached hydrogen (secondary N) is 1. The number of para-hydroxylation sites is 1. The van der Waals surface area contributed by atoms with Gasteiger partial charge in [-0.2, -0.15) is 0 Å². The van der Waals surface area contributed by atoms with E-state index in [1.807, 2.05) is 30.3 Å². The minimum atomic E-state index is 0.746. The zero-order chi connectivity index (χ0) is 13.3. The Morgan fingerprint density at radius 3 is 3.00 bits per heavy atom. The van der Waals surface area contributed by atoms with Gasteiger partial charge in [0.15, 0.2) is 0 Å². The van der Waals surface area contributed by atoms with Crippen LogP contribution >= 0.6 is 0 Å². The molecule has 3 nitrogen and oxygen atoms in total. The molecule has 1 saturated heterocycles. The highest BCUT2D eigenvalue weighted by Gasteiger charge is 2.12. The molecule has 1 aromatic rings. The molecule has 0 aliphatic carbocycles. The van der Waals surface area contributed by atoms with Crippen LogP contribution in [0, 0.1) is 5.92 Å². The Bertz CT molecular complexity index is 342. The minimum absolute atomic E-state index is 0.746. The fourth-order valence-electron chi connectivity index (χ4n) is 2.57. The van der Waals surface area contributed by atoms with Crippen LogP contribution in [0.25, 0.3) is 0 Å². The number of hydrogen-bond acceptors (Lipinski definition) is 3. The number of benzene rings is 1. The molecule has 0 saturated carbocycles. The molecule has 0 radical (unpaired) electrons. The van der Waals surface area contributed by atoms with Crippen LogP contribution in [0.15, 0.2) is 30.3 Å². The van der Waals surface area contributed by atoms with E-state index in [4.69, 9.17) is 4.74 Å². The topological polar surface area (TPSA) is 24.5 Å². The summed E-state index contributed by atoms with van der Waals surface area (Å²) >= 11 is 0. The number of nitrogens with zero attached hydrogens (tertiary/aromatic N) is 1. The van der Waals surface area contributed by atoms with E-state index >= 15 is 0 Å². The second-order valence-corrected chi connectivity index (χ2v) is 5.48. The molecule has 3 heteroatoms. The Labute approximate surface area is 116 Å². The van der Waals surface area contributed by atoms with Gasteiger partial charge in [0.05, 0.1) is 6.61 Å². The normalized spacial score (nSPS) is 21.6. The van der Waals surface area contributed by atoms with E-state index in [9.17, 15) is 0 Å². The van der Waals surface area contributed by atoms with Crippen molar-refractivity contribution in [2.24, 2.45) is 5.92 Å². The molecule has 0 amide bonds. The van der Waals surface area contributed by atoms with Gasteiger partial charge in [-0.1, -0.05) is 25.1 Å². The molecular weight excluding hydrogens is 236 g/mol. The van der Waals surface area contributed by atoms with Crippen LogP contribution in [0.3, 0.4) is 0 Å². The average Bonchev–Trinajstić information content (AvgIpc) is 2.41. The second-order valence-electron chi connectivity index (χ2n) is 5.48. The summed E-state index contributed by atoms with van der Waals surface area (Å²) in [5.41, 5.74) is 0. The SMILES string of the molecule is CC1CNCCCN(CCCOc2ccccc2)C1. The lowest BCUT2D eigenvalue weighted by Gasteiger charge is -2.28. The third-order valence-electron chi connectivity index (χ3n) is 3.52. The minimum Gasteiger partial charge on any atom is -0.494 e. The van der Waals surface area contributed by atoms with Crippen molar-refractivity contribution in [3.05, 3.63) is 30.3 Å². The molecule has 1 heterocycles. The first-order valence-corrected chi connectivity index (χ1v) is 7.45. The summed E-state index contributed by atoms with van der Waals surface area (Å²) in [6.45, 7) is 9.01. The summed E-state index contributed by atoms with van der Waals surface area (Å²) in [7, 11) is 0. The van der Waals surface area contributed by atoms with Crippen molar-refractivity contribution in [1.29, 1.82) is 0 Å². The highest BCUT2D eigenvalue weighted by atomic mass is 16.5. The summed E-state index contributed by atoms with van der Waals surface area (Å²) in [5.74, 6) is 1.73. The zero-order valence-corrected chi connectivity index (χ0v) is 12.0. The molecule has 1 aliphatic heterocycles. The van der Waals surface area contributed by atoms with Crippen molar-refractivity contribution in [2.75, 3.05) is 39.3 Å². The number of rotatable bonds is 5. The Balaban J connectivity index is 1.64. The smallest absolute Gasteiger partial charge is 0.119 e. The van der Waals surface area contributed by atoms with Crippen molar-refractivity contribution in [2.45, 2.75) is 19.8 Å². The van der Waals surface area contributed by atoms with Crippen molar-refractivity contribution in [1.82, 2.24) is 10.2 Å². The van der Waals surface area contributed by atoms with Crippen LogP contribution in [0.4, 0.5) is 0 Å². The molecule has 1 aromatic carbocycles. The molecule has 0 bridgehead atoms. The molecule has 106 valence electrons. The van der Waals surface area contributed by atoms with Crippen molar-refractivity contribution in [3.8, 4) is 5.75 Å². The van der Waals surface area contributed by atoms with Gasteiger partial charge in [0.2, 0.25) is 0 Å². The van der Waals surface area contributed by atoms with E-state index in [2.05, 4.69) is 17.1 Å².